The number of unbranched alkanes of at least 4 members (excludes halogenated alkanes) is 1. The van der Waals surface area contributed by atoms with Crippen molar-refractivity contribution >= 4 is 30.4 Å². The lowest BCUT2D eigenvalue weighted by atomic mass is 10.0. The Morgan fingerprint density at radius 1 is 1.04 bits per heavy atom. The number of hydrogen-bond acceptors (Lipinski definition) is 7. The van der Waals surface area contributed by atoms with Crippen molar-refractivity contribution in [2.45, 2.75) is 43.8 Å². The summed E-state index contributed by atoms with van der Waals surface area (Å²) in [7, 11) is 0. The molecule has 2 amide bonds. The smallest absolute Gasteiger partial charge is 0.326 e. The largest absolute Gasteiger partial charge is 0.508 e. The number of nitrogens with two attached hydrogens (primary N) is 2. The summed E-state index contributed by atoms with van der Waals surface area (Å²) in [5.41, 5.74) is 11.7. The van der Waals surface area contributed by atoms with Crippen molar-refractivity contribution in [3.63, 3.8) is 0 Å². The van der Waals surface area contributed by atoms with Crippen LogP contribution in [-0.4, -0.2) is 58.4 Å². The third-order valence-corrected chi connectivity index (χ3v) is 4.50. The van der Waals surface area contributed by atoms with Crippen molar-refractivity contribution in [1.29, 1.82) is 0 Å². The van der Waals surface area contributed by atoms with Crippen molar-refractivity contribution < 1.29 is 24.6 Å². The molecule has 8 N–H and O–H groups in total. The van der Waals surface area contributed by atoms with Gasteiger partial charge in [0.15, 0.2) is 0 Å². The number of carboxylic acid groups (broad SMARTS) is 1. The molecule has 0 saturated heterocycles. The van der Waals surface area contributed by atoms with Crippen LogP contribution in [0.4, 0.5) is 0 Å². The number of carbonyl (C=O) groups excluding carboxylic acids is 2. The highest BCUT2D eigenvalue weighted by Crippen LogP contribution is 2.12. The number of carbonyl (C=O) groups is 3. The molecule has 1 aromatic rings. The molecule has 0 aliphatic carbocycles. The molecular formula is C18H28N4O5S. The predicted octanol–water partition coefficient (Wildman–Crippen LogP) is -0.625. The second kappa shape index (κ2) is 12.2. The molecule has 0 aliphatic heterocycles. The first-order valence-electron chi connectivity index (χ1n) is 8.96. The van der Waals surface area contributed by atoms with Gasteiger partial charge in [-0.2, -0.15) is 12.6 Å². The quantitative estimate of drug-likeness (QED) is 0.177. The fraction of sp³-hybridized carbons (Fsp3) is 0.500. The molecule has 28 heavy (non-hydrogen) atoms. The van der Waals surface area contributed by atoms with Crippen LogP contribution in [0.15, 0.2) is 24.3 Å². The van der Waals surface area contributed by atoms with Gasteiger partial charge in [-0.25, -0.2) is 4.79 Å². The maximum Gasteiger partial charge on any atom is 0.326 e. The van der Waals surface area contributed by atoms with E-state index in [-0.39, 0.29) is 24.3 Å². The van der Waals surface area contributed by atoms with Crippen molar-refractivity contribution in [2.24, 2.45) is 11.5 Å². The van der Waals surface area contributed by atoms with Crippen LogP contribution in [0.2, 0.25) is 0 Å². The van der Waals surface area contributed by atoms with E-state index in [1.54, 1.807) is 12.1 Å². The Bertz CT molecular complexity index is 656. The summed E-state index contributed by atoms with van der Waals surface area (Å²) in [6.07, 6.45) is 1.53. The van der Waals surface area contributed by atoms with E-state index in [1.807, 2.05) is 0 Å². The van der Waals surface area contributed by atoms with Crippen molar-refractivity contribution in [3.8, 4) is 5.75 Å². The summed E-state index contributed by atoms with van der Waals surface area (Å²) in [6, 6.07) is 3.11. The average Bonchev–Trinajstić information content (AvgIpc) is 2.67. The van der Waals surface area contributed by atoms with Crippen molar-refractivity contribution in [1.82, 2.24) is 10.6 Å². The molecule has 0 unspecified atom stereocenters. The molecule has 1 rings (SSSR count). The molecule has 10 heteroatoms. The van der Waals surface area contributed by atoms with E-state index in [2.05, 4.69) is 23.3 Å². The fourth-order valence-corrected chi connectivity index (χ4v) is 2.63. The van der Waals surface area contributed by atoms with Gasteiger partial charge in [0.1, 0.15) is 17.8 Å². The van der Waals surface area contributed by atoms with E-state index in [0.717, 1.165) is 0 Å². The highest BCUT2D eigenvalue weighted by molar-refractivity contribution is 7.80. The van der Waals surface area contributed by atoms with Crippen LogP contribution < -0.4 is 22.1 Å². The molecular weight excluding hydrogens is 384 g/mol. The fourth-order valence-electron chi connectivity index (χ4n) is 2.46. The minimum Gasteiger partial charge on any atom is -0.508 e. The molecule has 1 aromatic carbocycles. The number of benzene rings is 1. The van der Waals surface area contributed by atoms with Crippen LogP contribution in [0.3, 0.4) is 0 Å². The monoisotopic (exact) mass is 412 g/mol. The van der Waals surface area contributed by atoms with Crippen LogP contribution in [-0.2, 0) is 20.8 Å². The molecule has 0 saturated carbocycles. The first-order valence-corrected chi connectivity index (χ1v) is 9.59. The van der Waals surface area contributed by atoms with Gasteiger partial charge in [0, 0.05) is 12.2 Å². The second-order valence-corrected chi connectivity index (χ2v) is 6.77. The van der Waals surface area contributed by atoms with Gasteiger partial charge in [-0.1, -0.05) is 12.1 Å². The number of hydrogen-bond donors (Lipinski definition) is 7. The summed E-state index contributed by atoms with van der Waals surface area (Å²) >= 11 is 3.97. The topological polar surface area (TPSA) is 168 Å². The lowest BCUT2D eigenvalue weighted by Crippen LogP contribution is -2.55. The van der Waals surface area contributed by atoms with Crippen molar-refractivity contribution in [3.05, 3.63) is 29.8 Å². The van der Waals surface area contributed by atoms with E-state index < -0.39 is 35.9 Å². The lowest BCUT2D eigenvalue weighted by Gasteiger charge is -2.23. The van der Waals surface area contributed by atoms with E-state index in [4.69, 9.17) is 11.5 Å². The molecule has 0 bridgehead atoms. The van der Waals surface area contributed by atoms with Gasteiger partial charge >= 0.3 is 5.97 Å². The minimum absolute atomic E-state index is 0.0664. The third-order valence-electron chi connectivity index (χ3n) is 4.10. The third kappa shape index (κ3) is 8.15. The summed E-state index contributed by atoms with van der Waals surface area (Å²) in [4.78, 5) is 36.2. The molecule has 0 aromatic heterocycles. The van der Waals surface area contributed by atoms with Crippen LogP contribution in [0.25, 0.3) is 0 Å². The summed E-state index contributed by atoms with van der Waals surface area (Å²) in [6.45, 7) is 0.432. The molecule has 0 spiro atoms. The van der Waals surface area contributed by atoms with E-state index >= 15 is 0 Å². The van der Waals surface area contributed by atoms with Crippen LogP contribution in [0.5, 0.6) is 5.75 Å². The van der Waals surface area contributed by atoms with Gasteiger partial charge in [-0.15, -0.1) is 0 Å². The Labute approximate surface area is 169 Å². The van der Waals surface area contributed by atoms with Crippen molar-refractivity contribution in [2.75, 3.05) is 12.3 Å². The average molecular weight is 413 g/mol. The normalized spacial score (nSPS) is 14.0. The number of thiol groups is 1. The SMILES string of the molecule is NCCCC[C@H](NC(=O)[C@H](Cc1ccc(O)cc1)NC(=O)[C@@H](N)CS)C(=O)O. The first kappa shape index (κ1) is 23.7. The van der Waals surface area contributed by atoms with Gasteiger partial charge in [-0.05, 0) is 43.5 Å². The van der Waals surface area contributed by atoms with Crippen LogP contribution in [0.1, 0.15) is 24.8 Å². The Balaban J connectivity index is 2.90. The Morgan fingerprint density at radius 3 is 2.18 bits per heavy atom. The van der Waals surface area contributed by atoms with E-state index in [9.17, 15) is 24.6 Å². The van der Waals surface area contributed by atoms with Crippen LogP contribution >= 0.6 is 12.6 Å². The Hall–Kier alpha value is -2.30. The molecule has 9 nitrogen and oxygen atoms in total. The summed E-state index contributed by atoms with van der Waals surface area (Å²) in [5, 5.41) is 23.7. The van der Waals surface area contributed by atoms with Crippen LogP contribution in [0, 0.1) is 0 Å². The number of aliphatic carboxylic acids is 1. The van der Waals surface area contributed by atoms with Gasteiger partial charge < -0.3 is 32.3 Å². The van der Waals surface area contributed by atoms with Gasteiger partial charge in [0.25, 0.3) is 0 Å². The van der Waals surface area contributed by atoms with Gasteiger partial charge in [0.2, 0.25) is 11.8 Å². The van der Waals surface area contributed by atoms with Gasteiger partial charge in [0.05, 0.1) is 6.04 Å². The predicted molar refractivity (Wildman–Crippen MR) is 108 cm³/mol. The zero-order valence-corrected chi connectivity index (χ0v) is 16.4. The lowest BCUT2D eigenvalue weighted by molar-refractivity contribution is -0.142. The molecule has 3 atom stereocenters. The molecule has 0 heterocycles. The highest BCUT2D eigenvalue weighted by atomic mass is 32.1. The number of carboxylic acids is 1. The standard InChI is InChI=1S/C18H28N4O5S/c19-8-2-1-3-14(18(26)27)21-17(25)15(22-16(24)13(20)10-28)9-11-4-6-12(23)7-5-11/h4-7,13-15,23,28H,1-3,8-10,19-20H2,(H,21,25)(H,22,24)(H,26,27)/t13-,14-,15-/m0/s1. The molecule has 156 valence electrons. The molecule has 0 fully saturated rings. The zero-order valence-electron chi connectivity index (χ0n) is 15.5. The number of rotatable bonds is 12. The number of aromatic hydroxyl groups is 1. The molecule has 0 aliphatic rings. The Kier molecular flexibility index (Phi) is 10.4. The maximum atomic E-state index is 12.7. The number of nitrogens with one attached hydrogen (secondary N) is 2. The van der Waals surface area contributed by atoms with Gasteiger partial charge in [-0.3, -0.25) is 9.59 Å². The zero-order chi connectivity index (χ0) is 21.1. The van der Waals surface area contributed by atoms with E-state index in [0.29, 0.717) is 24.9 Å². The number of phenols is 1. The minimum atomic E-state index is -1.16. The van der Waals surface area contributed by atoms with E-state index in [1.165, 1.54) is 12.1 Å². The summed E-state index contributed by atoms with van der Waals surface area (Å²) in [5.74, 6) is -2.20. The number of amides is 2. The number of phenolic OH excluding ortho intramolecular Hbond substituents is 1. The highest BCUT2D eigenvalue weighted by Gasteiger charge is 2.27. The Morgan fingerprint density at radius 2 is 1.64 bits per heavy atom. The maximum absolute atomic E-state index is 12.7. The summed E-state index contributed by atoms with van der Waals surface area (Å²) < 4.78 is 0. The molecule has 0 radical (unpaired) electrons. The second-order valence-electron chi connectivity index (χ2n) is 6.40. The first-order chi connectivity index (χ1) is 13.3.